The van der Waals surface area contributed by atoms with Crippen molar-refractivity contribution < 1.29 is 4.42 Å². The summed E-state index contributed by atoms with van der Waals surface area (Å²) >= 11 is 0. The molecule has 0 radical (unpaired) electrons. The van der Waals surface area contributed by atoms with Crippen molar-refractivity contribution in [1.82, 2.24) is 4.98 Å². The molecule has 0 spiro atoms. The number of oxazole rings is 1. The molecule has 0 fully saturated rings. The highest BCUT2D eigenvalue weighted by atomic mass is 16.3. The summed E-state index contributed by atoms with van der Waals surface area (Å²) in [5.41, 5.74) is 11.6. The van der Waals surface area contributed by atoms with Gasteiger partial charge in [-0.25, -0.2) is 4.98 Å². The standard InChI is InChI=1S/C42H34N2O/c1-41(2,3)44(38-27-15-26-37-39(38)45-40(43-37)29-16-6-4-7-17-29)32-21-14-20-31(28-32)42(30-18-8-5-9-19-30)35-24-12-10-22-33(35)34-23-11-13-25-36(34)42/h4-28H,1-3H3. The number of rotatable bonds is 5. The Morgan fingerprint density at radius 2 is 1.16 bits per heavy atom. The van der Waals surface area contributed by atoms with Gasteiger partial charge in [0.15, 0.2) is 5.58 Å². The molecule has 0 saturated carbocycles. The Kier molecular flexibility index (Phi) is 6.25. The highest BCUT2D eigenvalue weighted by Crippen LogP contribution is 2.56. The first-order chi connectivity index (χ1) is 22.0. The van der Waals surface area contributed by atoms with E-state index in [1.54, 1.807) is 0 Å². The third kappa shape index (κ3) is 4.22. The van der Waals surface area contributed by atoms with Crippen LogP contribution in [0.1, 0.15) is 43.0 Å². The van der Waals surface area contributed by atoms with Crippen LogP contribution in [0.4, 0.5) is 11.4 Å². The third-order valence-electron chi connectivity index (χ3n) is 9.02. The van der Waals surface area contributed by atoms with Crippen molar-refractivity contribution in [2.75, 3.05) is 4.90 Å². The summed E-state index contributed by atoms with van der Waals surface area (Å²) in [7, 11) is 0. The van der Waals surface area contributed by atoms with Crippen LogP contribution in [0.2, 0.25) is 0 Å². The van der Waals surface area contributed by atoms with Crippen molar-refractivity contribution in [1.29, 1.82) is 0 Å². The maximum absolute atomic E-state index is 6.54. The lowest BCUT2D eigenvalue weighted by Crippen LogP contribution is -2.38. The summed E-state index contributed by atoms with van der Waals surface area (Å²) in [5.74, 6) is 0.628. The fraction of sp³-hybridized carbons (Fsp3) is 0.119. The van der Waals surface area contributed by atoms with E-state index in [-0.39, 0.29) is 5.54 Å². The second kappa shape index (κ2) is 10.3. The van der Waals surface area contributed by atoms with Gasteiger partial charge in [0, 0.05) is 16.8 Å². The minimum atomic E-state index is -0.466. The zero-order valence-corrected chi connectivity index (χ0v) is 25.7. The molecule has 0 aliphatic heterocycles. The van der Waals surface area contributed by atoms with Gasteiger partial charge in [-0.05, 0) is 90.6 Å². The Labute approximate surface area is 264 Å². The minimum absolute atomic E-state index is 0.266. The molecule has 0 unspecified atom stereocenters. The molecule has 1 heterocycles. The second-order valence-corrected chi connectivity index (χ2v) is 12.8. The van der Waals surface area contributed by atoms with E-state index in [0.29, 0.717) is 5.89 Å². The number of anilines is 2. The molecular formula is C42H34N2O. The smallest absolute Gasteiger partial charge is 0.227 e. The van der Waals surface area contributed by atoms with Gasteiger partial charge < -0.3 is 9.32 Å². The van der Waals surface area contributed by atoms with E-state index in [1.807, 2.05) is 36.4 Å². The van der Waals surface area contributed by atoms with Crippen LogP contribution >= 0.6 is 0 Å². The number of benzene rings is 6. The molecule has 0 amide bonds. The molecule has 1 aliphatic carbocycles. The Bertz CT molecular complexity index is 2110. The van der Waals surface area contributed by atoms with Crippen molar-refractivity contribution in [2.24, 2.45) is 0 Å². The fourth-order valence-electron chi connectivity index (χ4n) is 7.29. The van der Waals surface area contributed by atoms with Crippen LogP contribution in [0.3, 0.4) is 0 Å². The quantitative estimate of drug-likeness (QED) is 0.202. The molecular weight excluding hydrogens is 548 g/mol. The number of aromatic nitrogens is 1. The minimum Gasteiger partial charge on any atom is -0.434 e. The molecule has 218 valence electrons. The lowest BCUT2D eigenvalue weighted by Gasteiger charge is -2.39. The van der Waals surface area contributed by atoms with E-state index >= 15 is 0 Å². The average Bonchev–Trinajstić information content (AvgIpc) is 3.64. The first kappa shape index (κ1) is 27.2. The Morgan fingerprint density at radius 1 is 0.578 bits per heavy atom. The van der Waals surface area contributed by atoms with Crippen molar-refractivity contribution in [3.8, 4) is 22.6 Å². The van der Waals surface area contributed by atoms with Gasteiger partial charge in [-0.2, -0.15) is 0 Å². The van der Waals surface area contributed by atoms with Crippen LogP contribution < -0.4 is 4.90 Å². The summed E-state index contributed by atoms with van der Waals surface area (Å²) in [5, 5.41) is 0. The summed E-state index contributed by atoms with van der Waals surface area (Å²) in [6.07, 6.45) is 0. The van der Waals surface area contributed by atoms with Crippen LogP contribution in [-0.4, -0.2) is 10.5 Å². The zero-order valence-electron chi connectivity index (χ0n) is 25.7. The highest BCUT2D eigenvalue weighted by Gasteiger charge is 2.46. The van der Waals surface area contributed by atoms with Gasteiger partial charge >= 0.3 is 0 Å². The third-order valence-corrected chi connectivity index (χ3v) is 9.02. The van der Waals surface area contributed by atoms with Gasteiger partial charge in [0.25, 0.3) is 0 Å². The maximum atomic E-state index is 6.54. The first-order valence-corrected chi connectivity index (χ1v) is 15.6. The lowest BCUT2D eigenvalue weighted by atomic mass is 9.67. The molecule has 0 saturated heterocycles. The predicted molar refractivity (Wildman–Crippen MR) is 185 cm³/mol. The maximum Gasteiger partial charge on any atom is 0.227 e. The van der Waals surface area contributed by atoms with Crippen molar-refractivity contribution in [2.45, 2.75) is 31.7 Å². The normalized spacial score (nSPS) is 13.4. The van der Waals surface area contributed by atoms with Gasteiger partial charge in [-0.3, -0.25) is 0 Å². The average molecular weight is 583 g/mol. The van der Waals surface area contributed by atoms with Gasteiger partial charge in [0.1, 0.15) is 5.52 Å². The predicted octanol–water partition coefficient (Wildman–Crippen LogP) is 10.8. The summed E-state index contributed by atoms with van der Waals surface area (Å²) < 4.78 is 6.54. The van der Waals surface area contributed by atoms with E-state index in [2.05, 4.69) is 141 Å². The van der Waals surface area contributed by atoms with E-state index in [9.17, 15) is 0 Å². The van der Waals surface area contributed by atoms with Gasteiger partial charge in [0.05, 0.1) is 11.1 Å². The molecule has 0 N–H and O–H groups in total. The molecule has 45 heavy (non-hydrogen) atoms. The summed E-state index contributed by atoms with van der Waals surface area (Å²) in [4.78, 5) is 7.28. The largest absolute Gasteiger partial charge is 0.434 e. The SMILES string of the molecule is CC(C)(C)N(c1cccc(C2(c3ccccc3)c3ccccc3-c3ccccc32)c1)c1cccc2nc(-c3ccccc3)oc12. The van der Waals surface area contributed by atoms with Crippen molar-refractivity contribution in [3.63, 3.8) is 0 Å². The number of hydrogen-bond donors (Lipinski definition) is 0. The molecule has 1 aromatic heterocycles. The van der Waals surface area contributed by atoms with Gasteiger partial charge in [-0.1, -0.05) is 115 Å². The molecule has 8 rings (SSSR count). The molecule has 0 bridgehead atoms. The van der Waals surface area contributed by atoms with Crippen LogP contribution in [0.15, 0.2) is 156 Å². The Hall–Kier alpha value is -5.41. The van der Waals surface area contributed by atoms with Crippen LogP contribution in [0.25, 0.3) is 33.7 Å². The molecule has 0 atom stereocenters. The number of nitrogens with zero attached hydrogens (tertiary/aromatic N) is 2. The number of fused-ring (bicyclic) bond motifs is 4. The van der Waals surface area contributed by atoms with Gasteiger partial charge in [0.2, 0.25) is 5.89 Å². The van der Waals surface area contributed by atoms with Crippen molar-refractivity contribution in [3.05, 3.63) is 174 Å². The van der Waals surface area contributed by atoms with E-state index in [1.165, 1.54) is 33.4 Å². The van der Waals surface area contributed by atoms with E-state index in [4.69, 9.17) is 9.40 Å². The number of para-hydroxylation sites is 1. The van der Waals surface area contributed by atoms with E-state index in [0.717, 1.165) is 28.0 Å². The monoisotopic (exact) mass is 582 g/mol. The second-order valence-electron chi connectivity index (χ2n) is 12.8. The molecule has 7 aromatic rings. The molecule has 6 aromatic carbocycles. The van der Waals surface area contributed by atoms with Crippen LogP contribution in [0, 0.1) is 0 Å². The highest BCUT2D eigenvalue weighted by molar-refractivity contribution is 5.92. The molecule has 3 heteroatoms. The van der Waals surface area contributed by atoms with Crippen LogP contribution in [0.5, 0.6) is 0 Å². The van der Waals surface area contributed by atoms with Crippen molar-refractivity contribution >= 4 is 22.5 Å². The van der Waals surface area contributed by atoms with Gasteiger partial charge in [-0.15, -0.1) is 0 Å². The number of hydrogen-bond acceptors (Lipinski definition) is 3. The molecule has 3 nitrogen and oxygen atoms in total. The molecule has 1 aliphatic rings. The van der Waals surface area contributed by atoms with E-state index < -0.39 is 5.41 Å². The fourth-order valence-corrected chi connectivity index (χ4v) is 7.29. The topological polar surface area (TPSA) is 29.3 Å². The lowest BCUT2D eigenvalue weighted by molar-refractivity contribution is 0.554. The Balaban J connectivity index is 1.37. The summed E-state index contributed by atoms with van der Waals surface area (Å²) in [6, 6.07) is 54.2. The zero-order chi connectivity index (χ0) is 30.6. The summed E-state index contributed by atoms with van der Waals surface area (Å²) in [6.45, 7) is 6.75. The van der Waals surface area contributed by atoms with Crippen LogP contribution in [-0.2, 0) is 5.41 Å². The first-order valence-electron chi connectivity index (χ1n) is 15.6. The Morgan fingerprint density at radius 3 is 1.82 bits per heavy atom.